The minimum atomic E-state index is -0.278. The quantitative estimate of drug-likeness (QED) is 0.353. The van der Waals surface area contributed by atoms with Crippen LogP contribution in [0.25, 0.3) is 42.7 Å². The molecule has 2 nitrogen and oxygen atoms in total. The lowest BCUT2D eigenvalue weighted by atomic mass is 10.0. The van der Waals surface area contributed by atoms with E-state index in [2.05, 4.69) is 54.9 Å². The highest BCUT2D eigenvalue weighted by molar-refractivity contribution is 7.21. The molecule has 0 N–H and O–H groups in total. The first kappa shape index (κ1) is 14.6. The van der Waals surface area contributed by atoms with Crippen molar-refractivity contribution in [1.82, 2.24) is 0 Å². The Morgan fingerprint density at radius 2 is 1.76 bits per heavy atom. The summed E-state index contributed by atoms with van der Waals surface area (Å²) in [5.74, 6) is -0.278. The molecule has 0 saturated carbocycles. The molecule has 0 aliphatic rings. The van der Waals surface area contributed by atoms with Gasteiger partial charge in [0, 0.05) is 22.9 Å². The molecule has 4 heteroatoms. The van der Waals surface area contributed by atoms with E-state index in [1.54, 1.807) is 17.4 Å². The molecule has 2 aromatic heterocycles. The Hall–Kier alpha value is -2.72. The predicted molar refractivity (Wildman–Crippen MR) is 100 cm³/mol. The largest absolute Gasteiger partial charge is 0.456 e. The predicted octanol–water partition coefficient (Wildman–Crippen LogP) is 5.74. The molecule has 0 amide bonds. The van der Waals surface area contributed by atoms with Crippen LogP contribution in [0.3, 0.4) is 0 Å². The first-order valence-electron chi connectivity index (χ1n) is 8.12. The Labute approximate surface area is 147 Å². The lowest BCUT2D eigenvalue weighted by Gasteiger charge is -2.01. The Balaban J connectivity index is 1.82. The third kappa shape index (κ3) is 2.11. The van der Waals surface area contributed by atoms with Gasteiger partial charge in [0.05, 0.1) is 5.56 Å². The van der Waals surface area contributed by atoms with Gasteiger partial charge in [0.1, 0.15) is 28.7 Å². The molecule has 5 aromatic rings. The molecule has 0 unspecified atom stereocenters. The van der Waals surface area contributed by atoms with E-state index in [0.29, 0.717) is 5.58 Å². The van der Waals surface area contributed by atoms with Crippen LogP contribution in [0.1, 0.15) is 5.56 Å². The van der Waals surface area contributed by atoms with Crippen LogP contribution in [-0.4, -0.2) is 0 Å². The van der Waals surface area contributed by atoms with E-state index in [0.717, 1.165) is 21.9 Å². The maximum atomic E-state index is 13.5. The number of hydrogen-bond donors (Lipinski definition) is 0. The molecule has 122 valence electrons. The number of para-hydroxylation sites is 1. The highest BCUT2D eigenvalue weighted by atomic mass is 32.1. The van der Waals surface area contributed by atoms with Gasteiger partial charge in [-0.15, -0.1) is 0 Å². The van der Waals surface area contributed by atoms with Gasteiger partial charge in [-0.2, -0.15) is 4.57 Å². The first-order chi connectivity index (χ1) is 12.1. The van der Waals surface area contributed by atoms with Gasteiger partial charge in [-0.1, -0.05) is 23.5 Å². The van der Waals surface area contributed by atoms with E-state index >= 15 is 0 Å². The molecule has 0 saturated heterocycles. The summed E-state index contributed by atoms with van der Waals surface area (Å²) in [5.41, 5.74) is 4.93. The number of aromatic nitrogens is 1. The van der Waals surface area contributed by atoms with E-state index < -0.39 is 0 Å². The van der Waals surface area contributed by atoms with Gasteiger partial charge in [0.25, 0.3) is 5.01 Å². The van der Waals surface area contributed by atoms with Crippen molar-refractivity contribution in [3.8, 4) is 10.6 Å². The second-order valence-corrected chi connectivity index (χ2v) is 7.37. The summed E-state index contributed by atoms with van der Waals surface area (Å²) in [6, 6.07) is 17.3. The van der Waals surface area contributed by atoms with E-state index in [1.165, 1.54) is 32.9 Å². The van der Waals surface area contributed by atoms with E-state index in [1.807, 2.05) is 0 Å². The molecule has 0 bridgehead atoms. The average Bonchev–Trinajstić information content (AvgIpc) is 3.11. The molecular formula is C21H15FNOS+. The van der Waals surface area contributed by atoms with Crippen molar-refractivity contribution < 1.29 is 13.4 Å². The van der Waals surface area contributed by atoms with Crippen LogP contribution in [0.15, 0.2) is 59.0 Å². The van der Waals surface area contributed by atoms with Gasteiger partial charge in [-0.05, 0) is 42.8 Å². The van der Waals surface area contributed by atoms with Crippen LogP contribution in [0, 0.1) is 12.7 Å². The number of halogens is 1. The van der Waals surface area contributed by atoms with Crippen molar-refractivity contribution >= 4 is 43.5 Å². The molecule has 0 aliphatic heterocycles. The van der Waals surface area contributed by atoms with Gasteiger partial charge >= 0.3 is 0 Å². The molecule has 3 aromatic carbocycles. The summed E-state index contributed by atoms with van der Waals surface area (Å²) in [4.78, 5) is 0. The molecule has 2 heterocycles. The SMILES string of the molecule is Cc1cc2c(cc1-c1sc3ccccc3[n+]1C)oc1cc(F)ccc12. The number of furan rings is 1. The third-order valence-corrected chi connectivity index (χ3v) is 6.00. The molecule has 25 heavy (non-hydrogen) atoms. The number of fused-ring (bicyclic) bond motifs is 4. The zero-order valence-corrected chi connectivity index (χ0v) is 14.7. The van der Waals surface area contributed by atoms with Crippen molar-refractivity contribution in [2.75, 3.05) is 0 Å². The summed E-state index contributed by atoms with van der Waals surface area (Å²) < 4.78 is 22.9. The number of thiazole rings is 1. The van der Waals surface area contributed by atoms with Crippen LogP contribution in [0.4, 0.5) is 4.39 Å². The average molecular weight is 348 g/mol. The van der Waals surface area contributed by atoms with Crippen molar-refractivity contribution in [3.05, 3.63) is 66.0 Å². The van der Waals surface area contributed by atoms with Crippen LogP contribution < -0.4 is 4.57 Å². The van der Waals surface area contributed by atoms with E-state index in [9.17, 15) is 4.39 Å². The van der Waals surface area contributed by atoms with Gasteiger partial charge in [-0.3, -0.25) is 0 Å². The van der Waals surface area contributed by atoms with Crippen molar-refractivity contribution in [2.24, 2.45) is 7.05 Å². The maximum absolute atomic E-state index is 13.5. The van der Waals surface area contributed by atoms with Gasteiger partial charge < -0.3 is 4.42 Å². The lowest BCUT2D eigenvalue weighted by Crippen LogP contribution is -2.28. The fourth-order valence-electron chi connectivity index (χ4n) is 3.47. The Kier molecular flexibility index (Phi) is 3.00. The van der Waals surface area contributed by atoms with Gasteiger partial charge in [-0.25, -0.2) is 4.39 Å². The number of aryl methyl sites for hydroxylation is 2. The van der Waals surface area contributed by atoms with Gasteiger partial charge in [0.2, 0.25) is 5.52 Å². The maximum Gasteiger partial charge on any atom is 0.270 e. The van der Waals surface area contributed by atoms with Crippen molar-refractivity contribution in [3.63, 3.8) is 0 Å². The topological polar surface area (TPSA) is 17.0 Å². The molecule has 5 rings (SSSR count). The Bertz CT molecular complexity index is 1280. The smallest absolute Gasteiger partial charge is 0.270 e. The fourth-order valence-corrected chi connectivity index (χ4v) is 4.70. The van der Waals surface area contributed by atoms with Crippen LogP contribution in [-0.2, 0) is 7.05 Å². The third-order valence-electron chi connectivity index (χ3n) is 4.75. The van der Waals surface area contributed by atoms with E-state index in [-0.39, 0.29) is 5.82 Å². The number of hydrogen-bond acceptors (Lipinski definition) is 2. The second-order valence-electron chi connectivity index (χ2n) is 6.34. The number of benzene rings is 3. The summed E-state index contributed by atoms with van der Waals surface area (Å²) in [6.45, 7) is 2.11. The molecule has 0 atom stereocenters. The minimum Gasteiger partial charge on any atom is -0.456 e. The first-order valence-corrected chi connectivity index (χ1v) is 8.94. The minimum absolute atomic E-state index is 0.278. The van der Waals surface area contributed by atoms with Gasteiger partial charge in [0.15, 0.2) is 0 Å². The molecule has 0 spiro atoms. The normalized spacial score (nSPS) is 11.8. The monoisotopic (exact) mass is 348 g/mol. The number of rotatable bonds is 1. The highest BCUT2D eigenvalue weighted by Gasteiger charge is 2.21. The zero-order valence-electron chi connectivity index (χ0n) is 13.8. The molecule has 0 aliphatic carbocycles. The molecular weight excluding hydrogens is 333 g/mol. The van der Waals surface area contributed by atoms with Crippen LogP contribution >= 0.6 is 11.3 Å². The summed E-state index contributed by atoms with van der Waals surface area (Å²) in [6.07, 6.45) is 0. The fraction of sp³-hybridized carbons (Fsp3) is 0.0952. The number of nitrogens with zero attached hydrogens (tertiary/aromatic N) is 1. The lowest BCUT2D eigenvalue weighted by molar-refractivity contribution is -0.629. The Morgan fingerprint density at radius 1 is 0.960 bits per heavy atom. The highest BCUT2D eigenvalue weighted by Crippen LogP contribution is 2.36. The summed E-state index contributed by atoms with van der Waals surface area (Å²) in [5, 5.41) is 3.17. The van der Waals surface area contributed by atoms with Crippen LogP contribution in [0.5, 0.6) is 0 Å². The van der Waals surface area contributed by atoms with Crippen molar-refractivity contribution in [2.45, 2.75) is 6.92 Å². The summed E-state index contributed by atoms with van der Waals surface area (Å²) in [7, 11) is 2.09. The zero-order chi connectivity index (χ0) is 17.1. The Morgan fingerprint density at radius 3 is 2.60 bits per heavy atom. The standard InChI is InChI=1S/C21H15FNOS/c1-12-9-16-14-8-7-13(22)10-18(14)24-19(16)11-15(12)21-23(2)17-5-3-4-6-20(17)25-21/h3-11H,1-2H3/q+1. The second kappa shape index (κ2) is 5.14. The molecule has 0 fully saturated rings. The van der Waals surface area contributed by atoms with E-state index in [4.69, 9.17) is 4.42 Å². The summed E-state index contributed by atoms with van der Waals surface area (Å²) >= 11 is 1.77. The van der Waals surface area contributed by atoms with Crippen molar-refractivity contribution in [1.29, 1.82) is 0 Å². The van der Waals surface area contributed by atoms with Crippen LogP contribution in [0.2, 0.25) is 0 Å². The molecule has 0 radical (unpaired) electrons.